The van der Waals surface area contributed by atoms with Crippen LogP contribution in [0.3, 0.4) is 0 Å². The predicted molar refractivity (Wildman–Crippen MR) is 146 cm³/mol. The quantitative estimate of drug-likeness (QED) is 0.305. The second kappa shape index (κ2) is 12.2. The Bertz CT molecular complexity index is 1340. The number of rotatable bonds is 9. The molecule has 0 aliphatic carbocycles. The highest BCUT2D eigenvalue weighted by Crippen LogP contribution is 2.33. The summed E-state index contributed by atoms with van der Waals surface area (Å²) in [7, 11) is 0. The van der Waals surface area contributed by atoms with Crippen molar-refractivity contribution in [2.45, 2.75) is 6.92 Å². The van der Waals surface area contributed by atoms with Gasteiger partial charge in [-0.25, -0.2) is 0 Å². The molecule has 3 aromatic rings. The van der Waals surface area contributed by atoms with Crippen molar-refractivity contribution in [1.29, 1.82) is 0 Å². The van der Waals surface area contributed by atoms with Crippen LogP contribution in [0.4, 0.5) is 10.5 Å². The number of hydrogen-bond acceptors (Lipinski definition) is 6. The zero-order chi connectivity index (χ0) is 26.4. The lowest BCUT2D eigenvalue weighted by atomic mass is 10.2. The molecular weight excluding hydrogens is 535 g/mol. The molecule has 1 saturated heterocycles. The van der Waals surface area contributed by atoms with Gasteiger partial charge in [0.15, 0.2) is 6.61 Å². The summed E-state index contributed by atoms with van der Waals surface area (Å²) in [5.74, 6) is 0.235. The van der Waals surface area contributed by atoms with Gasteiger partial charge in [-0.05, 0) is 78.9 Å². The molecule has 0 unspecified atom stereocenters. The number of imide groups is 1. The molecule has 1 aliphatic rings. The lowest BCUT2D eigenvalue weighted by Crippen LogP contribution is -2.32. The summed E-state index contributed by atoms with van der Waals surface area (Å²) in [5.41, 5.74) is 2.32. The van der Waals surface area contributed by atoms with Gasteiger partial charge in [-0.15, -0.1) is 0 Å². The van der Waals surface area contributed by atoms with Crippen LogP contribution in [0.2, 0.25) is 10.0 Å². The van der Waals surface area contributed by atoms with Gasteiger partial charge in [-0.3, -0.25) is 19.3 Å². The Morgan fingerprint density at radius 1 is 1.00 bits per heavy atom. The summed E-state index contributed by atoms with van der Waals surface area (Å²) in [6, 6.07) is 19.1. The number of hydrogen-bond donors (Lipinski definition) is 1. The molecule has 7 nitrogen and oxygen atoms in total. The van der Waals surface area contributed by atoms with Gasteiger partial charge in [0.1, 0.15) is 18.1 Å². The minimum atomic E-state index is -0.391. The summed E-state index contributed by atoms with van der Waals surface area (Å²) in [4.78, 5) is 38.7. The van der Waals surface area contributed by atoms with Gasteiger partial charge in [0, 0.05) is 10.7 Å². The first-order valence-electron chi connectivity index (χ1n) is 11.2. The number of carbonyl (C=O) groups excluding carboxylic acids is 3. The molecule has 1 fully saturated rings. The van der Waals surface area contributed by atoms with Gasteiger partial charge in [-0.1, -0.05) is 47.0 Å². The van der Waals surface area contributed by atoms with Crippen molar-refractivity contribution in [1.82, 2.24) is 4.90 Å². The average Bonchev–Trinajstić information content (AvgIpc) is 3.13. The summed E-state index contributed by atoms with van der Waals surface area (Å²) in [6.07, 6.45) is 1.59. The highest BCUT2D eigenvalue weighted by molar-refractivity contribution is 8.18. The third-order valence-electron chi connectivity index (χ3n) is 5.22. The number of thioether (sulfide) groups is 1. The van der Waals surface area contributed by atoms with Crippen molar-refractivity contribution < 1.29 is 23.9 Å². The minimum Gasteiger partial charge on any atom is -0.492 e. The Balaban J connectivity index is 1.31. The average molecular weight is 557 g/mol. The van der Waals surface area contributed by atoms with Crippen molar-refractivity contribution in [2.75, 3.05) is 25.1 Å². The van der Waals surface area contributed by atoms with Gasteiger partial charge < -0.3 is 14.8 Å². The van der Waals surface area contributed by atoms with E-state index in [1.165, 1.54) is 0 Å². The van der Waals surface area contributed by atoms with Gasteiger partial charge >= 0.3 is 0 Å². The van der Waals surface area contributed by atoms with E-state index in [0.717, 1.165) is 22.2 Å². The Labute approximate surface area is 228 Å². The maximum absolute atomic E-state index is 12.8. The third kappa shape index (κ3) is 7.29. The first-order chi connectivity index (χ1) is 17.8. The number of amides is 3. The maximum atomic E-state index is 12.8. The molecule has 0 saturated carbocycles. The van der Waals surface area contributed by atoms with E-state index in [4.69, 9.17) is 32.7 Å². The zero-order valence-electron chi connectivity index (χ0n) is 19.7. The SMILES string of the molecule is Cc1ccc(OCCN2C(=O)S/C(=C\c3ccc(OCC(=O)Nc4ccc(Cl)cc4)c(Cl)c3)C2=O)cc1. The van der Waals surface area contributed by atoms with Crippen LogP contribution >= 0.6 is 35.0 Å². The predicted octanol–water partition coefficient (Wildman–Crippen LogP) is 6.43. The van der Waals surface area contributed by atoms with E-state index in [-0.39, 0.29) is 40.8 Å². The van der Waals surface area contributed by atoms with Gasteiger partial charge in [0.05, 0.1) is 16.5 Å². The number of aryl methyl sites for hydroxylation is 1. The molecule has 190 valence electrons. The van der Waals surface area contributed by atoms with E-state index in [0.29, 0.717) is 27.8 Å². The highest BCUT2D eigenvalue weighted by Gasteiger charge is 2.34. The van der Waals surface area contributed by atoms with Crippen LogP contribution in [0, 0.1) is 6.92 Å². The normalized spacial score (nSPS) is 14.2. The second-order valence-corrected chi connectivity index (χ2v) is 9.87. The largest absolute Gasteiger partial charge is 0.492 e. The fourth-order valence-corrected chi connectivity index (χ4v) is 4.57. The third-order valence-corrected chi connectivity index (χ3v) is 6.67. The second-order valence-electron chi connectivity index (χ2n) is 8.03. The summed E-state index contributed by atoms with van der Waals surface area (Å²) in [6.45, 7) is 2.07. The van der Waals surface area contributed by atoms with Gasteiger partial charge in [-0.2, -0.15) is 0 Å². The van der Waals surface area contributed by atoms with Crippen LogP contribution in [-0.4, -0.2) is 41.7 Å². The highest BCUT2D eigenvalue weighted by atomic mass is 35.5. The maximum Gasteiger partial charge on any atom is 0.293 e. The molecule has 37 heavy (non-hydrogen) atoms. The molecule has 0 radical (unpaired) electrons. The summed E-state index contributed by atoms with van der Waals surface area (Å²) in [5, 5.41) is 3.17. The zero-order valence-corrected chi connectivity index (χ0v) is 22.0. The van der Waals surface area contributed by atoms with Crippen molar-refractivity contribution in [3.8, 4) is 11.5 Å². The van der Waals surface area contributed by atoms with E-state index >= 15 is 0 Å². The van der Waals surface area contributed by atoms with Crippen LogP contribution in [-0.2, 0) is 9.59 Å². The fraction of sp³-hybridized carbons (Fsp3) is 0.148. The number of anilines is 1. The number of nitrogens with zero attached hydrogens (tertiary/aromatic N) is 1. The van der Waals surface area contributed by atoms with Crippen molar-refractivity contribution in [3.05, 3.63) is 92.8 Å². The number of ether oxygens (including phenoxy) is 2. The first kappa shape index (κ1) is 26.6. The Morgan fingerprint density at radius 2 is 1.73 bits per heavy atom. The molecule has 0 aromatic heterocycles. The molecule has 3 amide bonds. The Kier molecular flexibility index (Phi) is 8.76. The van der Waals surface area contributed by atoms with E-state index in [2.05, 4.69) is 5.32 Å². The number of benzene rings is 3. The molecule has 4 rings (SSSR count). The van der Waals surface area contributed by atoms with E-state index < -0.39 is 5.91 Å². The van der Waals surface area contributed by atoms with Crippen LogP contribution in [0.25, 0.3) is 6.08 Å². The molecule has 1 heterocycles. The lowest BCUT2D eigenvalue weighted by Gasteiger charge is -2.13. The van der Waals surface area contributed by atoms with Crippen LogP contribution in [0.5, 0.6) is 11.5 Å². The minimum absolute atomic E-state index is 0.140. The molecular formula is C27H22Cl2N2O5S. The molecule has 1 N–H and O–H groups in total. The molecule has 0 bridgehead atoms. The van der Waals surface area contributed by atoms with Crippen LogP contribution in [0.1, 0.15) is 11.1 Å². The summed E-state index contributed by atoms with van der Waals surface area (Å²) >= 11 is 13.0. The smallest absolute Gasteiger partial charge is 0.293 e. The van der Waals surface area contributed by atoms with Crippen molar-refractivity contribution in [3.63, 3.8) is 0 Å². The Morgan fingerprint density at radius 3 is 2.43 bits per heavy atom. The molecule has 1 aliphatic heterocycles. The van der Waals surface area contributed by atoms with Gasteiger partial charge in [0.25, 0.3) is 17.1 Å². The molecule has 0 atom stereocenters. The van der Waals surface area contributed by atoms with Crippen LogP contribution in [0.15, 0.2) is 71.6 Å². The van der Waals surface area contributed by atoms with Crippen LogP contribution < -0.4 is 14.8 Å². The van der Waals surface area contributed by atoms with Crippen molar-refractivity contribution in [2.24, 2.45) is 0 Å². The molecule has 3 aromatic carbocycles. The first-order valence-corrected chi connectivity index (χ1v) is 12.8. The standard InChI is InChI=1S/C27H22Cl2N2O5S/c1-17-2-9-21(10-3-17)35-13-12-31-26(33)24(37-27(31)34)15-18-4-11-23(22(29)14-18)36-16-25(32)30-20-7-5-19(28)6-8-20/h2-11,14-15H,12-13,16H2,1H3,(H,30,32)/b24-15-. The van der Waals surface area contributed by atoms with E-state index in [1.54, 1.807) is 48.5 Å². The summed E-state index contributed by atoms with van der Waals surface area (Å²) < 4.78 is 11.2. The molecule has 0 spiro atoms. The van der Waals surface area contributed by atoms with E-state index in [1.807, 2.05) is 31.2 Å². The Hall–Kier alpha value is -3.46. The monoisotopic (exact) mass is 556 g/mol. The number of nitrogens with one attached hydrogen (secondary N) is 1. The van der Waals surface area contributed by atoms with Gasteiger partial charge in [0.2, 0.25) is 0 Å². The number of carbonyl (C=O) groups is 3. The number of halogens is 2. The van der Waals surface area contributed by atoms with E-state index in [9.17, 15) is 14.4 Å². The molecule has 10 heteroatoms. The fourth-order valence-electron chi connectivity index (χ4n) is 3.33. The topological polar surface area (TPSA) is 84.9 Å². The van der Waals surface area contributed by atoms with Crippen molar-refractivity contribution >= 4 is 63.8 Å². The lowest BCUT2D eigenvalue weighted by molar-refractivity contribution is -0.123.